The first-order chi connectivity index (χ1) is 9.08. The summed E-state index contributed by atoms with van der Waals surface area (Å²) in [6, 6.07) is -0.162. The SMILES string of the molecule is CN(CC1CCCO1)C(=O)N1CCOC(C(=O)O)C1. The Hall–Kier alpha value is -1.34. The molecule has 108 valence electrons. The predicted octanol–water partition coefficient (Wildman–Crippen LogP) is 0.00260. The number of hydrogen-bond acceptors (Lipinski definition) is 4. The number of aliphatic carboxylic acids is 1. The lowest BCUT2D eigenvalue weighted by Gasteiger charge is -2.34. The summed E-state index contributed by atoms with van der Waals surface area (Å²) in [7, 11) is 1.72. The van der Waals surface area contributed by atoms with Crippen molar-refractivity contribution < 1.29 is 24.2 Å². The van der Waals surface area contributed by atoms with Gasteiger partial charge in [0, 0.05) is 26.7 Å². The van der Waals surface area contributed by atoms with E-state index in [1.165, 1.54) is 4.90 Å². The van der Waals surface area contributed by atoms with Crippen molar-refractivity contribution in [2.45, 2.75) is 25.0 Å². The summed E-state index contributed by atoms with van der Waals surface area (Å²) in [6.45, 7) is 2.10. The molecule has 2 unspecified atom stereocenters. The van der Waals surface area contributed by atoms with E-state index in [9.17, 15) is 9.59 Å². The van der Waals surface area contributed by atoms with E-state index >= 15 is 0 Å². The number of hydrogen-bond donors (Lipinski definition) is 1. The maximum atomic E-state index is 12.2. The van der Waals surface area contributed by atoms with E-state index in [1.54, 1.807) is 11.9 Å². The van der Waals surface area contributed by atoms with Crippen LogP contribution in [-0.2, 0) is 14.3 Å². The molecule has 1 N–H and O–H groups in total. The second-order valence-corrected chi connectivity index (χ2v) is 4.94. The highest BCUT2D eigenvalue weighted by Crippen LogP contribution is 2.14. The van der Waals surface area contributed by atoms with Crippen LogP contribution in [0.2, 0.25) is 0 Å². The predicted molar refractivity (Wildman–Crippen MR) is 65.9 cm³/mol. The number of amides is 2. The number of carboxylic acids is 1. The number of urea groups is 1. The second kappa shape index (κ2) is 6.21. The summed E-state index contributed by atoms with van der Waals surface area (Å²) < 4.78 is 10.6. The van der Waals surface area contributed by atoms with Crippen LogP contribution in [0.15, 0.2) is 0 Å². The molecule has 2 amide bonds. The topological polar surface area (TPSA) is 79.3 Å². The molecule has 0 aromatic heterocycles. The van der Waals surface area contributed by atoms with Gasteiger partial charge in [0.05, 0.1) is 19.3 Å². The minimum absolute atomic E-state index is 0.101. The van der Waals surface area contributed by atoms with Crippen LogP contribution in [0.4, 0.5) is 4.79 Å². The molecule has 0 saturated carbocycles. The zero-order chi connectivity index (χ0) is 13.8. The summed E-state index contributed by atoms with van der Waals surface area (Å²) >= 11 is 0. The number of morpholine rings is 1. The molecule has 2 atom stereocenters. The first-order valence-electron chi connectivity index (χ1n) is 6.54. The third kappa shape index (κ3) is 3.57. The summed E-state index contributed by atoms with van der Waals surface area (Å²) in [6.07, 6.45) is 1.18. The maximum Gasteiger partial charge on any atom is 0.334 e. The van der Waals surface area contributed by atoms with Gasteiger partial charge in [-0.25, -0.2) is 9.59 Å². The molecular weight excluding hydrogens is 252 g/mol. The van der Waals surface area contributed by atoms with E-state index in [-0.39, 0.29) is 25.3 Å². The van der Waals surface area contributed by atoms with Crippen LogP contribution in [0.5, 0.6) is 0 Å². The summed E-state index contributed by atoms with van der Waals surface area (Å²) in [5.41, 5.74) is 0. The smallest absolute Gasteiger partial charge is 0.334 e. The molecule has 0 radical (unpaired) electrons. The molecule has 0 aromatic carbocycles. The standard InChI is InChI=1S/C12H20N2O5/c1-13(7-9-3-2-5-18-9)12(17)14-4-6-19-10(8-14)11(15)16/h9-10H,2-8H2,1H3,(H,15,16). The first-order valence-corrected chi connectivity index (χ1v) is 6.54. The van der Waals surface area contributed by atoms with Crippen LogP contribution in [0.1, 0.15) is 12.8 Å². The van der Waals surface area contributed by atoms with Crippen molar-refractivity contribution in [3.05, 3.63) is 0 Å². The Morgan fingerprint density at radius 1 is 1.37 bits per heavy atom. The van der Waals surface area contributed by atoms with E-state index in [0.29, 0.717) is 13.1 Å². The van der Waals surface area contributed by atoms with E-state index in [2.05, 4.69) is 0 Å². The van der Waals surface area contributed by atoms with Crippen molar-refractivity contribution in [1.29, 1.82) is 0 Å². The highest BCUT2D eigenvalue weighted by Gasteiger charge is 2.31. The quantitative estimate of drug-likeness (QED) is 0.782. The summed E-state index contributed by atoms with van der Waals surface area (Å²) in [5.74, 6) is -1.03. The molecule has 2 fully saturated rings. The highest BCUT2D eigenvalue weighted by molar-refractivity contribution is 5.77. The third-order valence-corrected chi connectivity index (χ3v) is 3.44. The number of carbonyl (C=O) groups excluding carboxylic acids is 1. The molecule has 2 rings (SSSR count). The van der Waals surface area contributed by atoms with Crippen molar-refractivity contribution in [3.8, 4) is 0 Å². The van der Waals surface area contributed by atoms with Gasteiger partial charge in [0.15, 0.2) is 6.10 Å². The first kappa shape index (κ1) is 14.1. The lowest BCUT2D eigenvalue weighted by Crippen LogP contribution is -2.53. The van der Waals surface area contributed by atoms with E-state index in [1.807, 2.05) is 0 Å². The monoisotopic (exact) mass is 272 g/mol. The van der Waals surface area contributed by atoms with Gasteiger partial charge in [-0.15, -0.1) is 0 Å². The fourth-order valence-corrected chi connectivity index (χ4v) is 2.39. The molecule has 0 aromatic rings. The van der Waals surface area contributed by atoms with Gasteiger partial charge in [-0.3, -0.25) is 0 Å². The second-order valence-electron chi connectivity index (χ2n) is 4.94. The number of nitrogens with zero attached hydrogens (tertiary/aromatic N) is 2. The number of carboxylic acid groups (broad SMARTS) is 1. The lowest BCUT2D eigenvalue weighted by molar-refractivity contribution is -0.154. The normalized spacial score (nSPS) is 27.3. The van der Waals surface area contributed by atoms with E-state index in [4.69, 9.17) is 14.6 Å². The fraction of sp³-hybridized carbons (Fsp3) is 0.833. The van der Waals surface area contributed by atoms with Gasteiger partial charge in [0.25, 0.3) is 0 Å². The third-order valence-electron chi connectivity index (χ3n) is 3.44. The number of carbonyl (C=O) groups is 2. The van der Waals surface area contributed by atoms with Gasteiger partial charge in [-0.1, -0.05) is 0 Å². The van der Waals surface area contributed by atoms with Crippen LogP contribution in [0.25, 0.3) is 0 Å². The molecule has 2 heterocycles. The van der Waals surface area contributed by atoms with Crippen molar-refractivity contribution in [1.82, 2.24) is 9.80 Å². The molecule has 2 aliphatic heterocycles. The van der Waals surface area contributed by atoms with Crippen LogP contribution in [-0.4, -0.2) is 79.0 Å². The van der Waals surface area contributed by atoms with Gasteiger partial charge in [0.1, 0.15) is 0 Å². The Morgan fingerprint density at radius 2 is 2.16 bits per heavy atom. The van der Waals surface area contributed by atoms with Crippen LogP contribution in [0, 0.1) is 0 Å². The van der Waals surface area contributed by atoms with Crippen molar-refractivity contribution in [2.24, 2.45) is 0 Å². The van der Waals surface area contributed by atoms with Gasteiger partial charge in [-0.05, 0) is 12.8 Å². The molecule has 2 saturated heterocycles. The zero-order valence-electron chi connectivity index (χ0n) is 11.1. The number of likely N-dealkylation sites (N-methyl/N-ethyl adjacent to an activating group) is 1. The average molecular weight is 272 g/mol. The Morgan fingerprint density at radius 3 is 2.79 bits per heavy atom. The van der Waals surface area contributed by atoms with Crippen LogP contribution < -0.4 is 0 Å². The molecule has 2 aliphatic rings. The Labute approximate surface area is 112 Å². The fourth-order valence-electron chi connectivity index (χ4n) is 2.39. The maximum absolute atomic E-state index is 12.2. The minimum Gasteiger partial charge on any atom is -0.479 e. The summed E-state index contributed by atoms with van der Waals surface area (Å²) in [4.78, 5) is 26.2. The van der Waals surface area contributed by atoms with Gasteiger partial charge < -0.3 is 24.4 Å². The van der Waals surface area contributed by atoms with Crippen molar-refractivity contribution in [2.75, 3.05) is 39.9 Å². The van der Waals surface area contributed by atoms with E-state index < -0.39 is 12.1 Å². The zero-order valence-corrected chi connectivity index (χ0v) is 11.1. The molecule has 19 heavy (non-hydrogen) atoms. The van der Waals surface area contributed by atoms with E-state index in [0.717, 1.165) is 19.4 Å². The van der Waals surface area contributed by atoms with Crippen LogP contribution >= 0.6 is 0 Å². The Bertz CT molecular complexity index is 343. The molecule has 0 spiro atoms. The summed E-state index contributed by atoms with van der Waals surface area (Å²) in [5, 5.41) is 8.91. The van der Waals surface area contributed by atoms with Crippen molar-refractivity contribution >= 4 is 12.0 Å². The Balaban J connectivity index is 1.85. The molecular formula is C12H20N2O5. The van der Waals surface area contributed by atoms with Gasteiger partial charge >= 0.3 is 12.0 Å². The minimum atomic E-state index is -1.03. The van der Waals surface area contributed by atoms with Crippen molar-refractivity contribution in [3.63, 3.8) is 0 Å². The van der Waals surface area contributed by atoms with Gasteiger partial charge in [0.2, 0.25) is 0 Å². The molecule has 7 heteroatoms. The molecule has 0 bridgehead atoms. The highest BCUT2D eigenvalue weighted by atomic mass is 16.5. The number of rotatable bonds is 3. The largest absolute Gasteiger partial charge is 0.479 e. The molecule has 0 aliphatic carbocycles. The number of ether oxygens (including phenoxy) is 2. The lowest BCUT2D eigenvalue weighted by atomic mass is 10.2. The Kier molecular flexibility index (Phi) is 4.60. The van der Waals surface area contributed by atoms with Gasteiger partial charge in [-0.2, -0.15) is 0 Å². The molecule has 7 nitrogen and oxygen atoms in total. The average Bonchev–Trinajstić information content (AvgIpc) is 2.90. The van der Waals surface area contributed by atoms with Crippen LogP contribution in [0.3, 0.4) is 0 Å².